The fourth-order valence-corrected chi connectivity index (χ4v) is 5.14. The average Bonchev–Trinajstić information content (AvgIpc) is 3.47. The molecule has 0 saturated carbocycles. The highest BCUT2D eigenvalue weighted by molar-refractivity contribution is 6.36. The smallest absolute Gasteiger partial charge is 0.311 e. The molecule has 4 rings (SSSR count). The lowest BCUT2D eigenvalue weighted by Gasteiger charge is -2.16. The van der Waals surface area contributed by atoms with Crippen LogP contribution in [0.5, 0.6) is 0 Å². The lowest BCUT2D eigenvalue weighted by molar-refractivity contribution is -0.384. The molecule has 1 aromatic carbocycles. The maximum absolute atomic E-state index is 13.0. The SMILES string of the molecule is CC(=O)N[C@@H]1CCN(CC(=O)Nc2cn(CCCNc3ccc([N+](=O)[O-])c(N)n3)cc2-c2ccc(Cl)cc2Cl)C1. The normalized spacial score (nSPS) is 15.1. The van der Waals surface area contributed by atoms with Crippen LogP contribution in [0.15, 0.2) is 42.7 Å². The molecule has 3 heterocycles. The number of carbonyl (C=O) groups excluding carboxylic acids is 2. The third kappa shape index (κ3) is 7.62. The number of rotatable bonds is 11. The zero-order valence-electron chi connectivity index (χ0n) is 21.8. The van der Waals surface area contributed by atoms with E-state index in [4.69, 9.17) is 28.9 Å². The Bertz CT molecular complexity index is 1410. The minimum Gasteiger partial charge on any atom is -0.378 e. The molecule has 5 N–H and O–H groups in total. The number of nitro groups is 1. The number of pyridine rings is 1. The second-order valence-electron chi connectivity index (χ2n) is 9.56. The number of nitrogens with one attached hydrogen (secondary N) is 3. The van der Waals surface area contributed by atoms with Crippen molar-refractivity contribution in [1.29, 1.82) is 0 Å². The van der Waals surface area contributed by atoms with E-state index >= 15 is 0 Å². The van der Waals surface area contributed by atoms with E-state index in [-0.39, 0.29) is 35.9 Å². The number of nitrogen functional groups attached to an aromatic ring is 1. The number of anilines is 3. The summed E-state index contributed by atoms with van der Waals surface area (Å²) in [7, 11) is 0. The summed E-state index contributed by atoms with van der Waals surface area (Å²) < 4.78 is 1.96. The van der Waals surface area contributed by atoms with Crippen LogP contribution in [0, 0.1) is 10.1 Å². The van der Waals surface area contributed by atoms with Crippen LogP contribution in [0.1, 0.15) is 19.8 Å². The summed E-state index contributed by atoms with van der Waals surface area (Å²) in [5.41, 5.74) is 7.53. The number of aromatic nitrogens is 2. The maximum Gasteiger partial charge on any atom is 0.311 e. The molecule has 212 valence electrons. The Balaban J connectivity index is 1.41. The highest BCUT2D eigenvalue weighted by Gasteiger charge is 2.25. The summed E-state index contributed by atoms with van der Waals surface area (Å²) >= 11 is 12.6. The first-order chi connectivity index (χ1) is 19.1. The molecule has 12 nitrogen and oxygen atoms in total. The third-order valence-electron chi connectivity index (χ3n) is 6.42. The van der Waals surface area contributed by atoms with E-state index in [0.717, 1.165) is 24.1 Å². The maximum atomic E-state index is 13.0. The lowest BCUT2D eigenvalue weighted by Crippen LogP contribution is -2.37. The number of hydrogen-bond donors (Lipinski definition) is 4. The van der Waals surface area contributed by atoms with Gasteiger partial charge in [0.05, 0.1) is 22.2 Å². The molecule has 1 aliphatic heterocycles. The molecule has 2 aromatic heterocycles. The molecule has 40 heavy (non-hydrogen) atoms. The van der Waals surface area contributed by atoms with E-state index < -0.39 is 4.92 Å². The highest BCUT2D eigenvalue weighted by atomic mass is 35.5. The molecule has 0 unspecified atom stereocenters. The van der Waals surface area contributed by atoms with Gasteiger partial charge in [-0.05, 0) is 31.0 Å². The van der Waals surface area contributed by atoms with Crippen molar-refractivity contribution in [2.45, 2.75) is 32.4 Å². The quantitative estimate of drug-likeness (QED) is 0.148. The fraction of sp³-hybridized carbons (Fsp3) is 0.346. The molecule has 0 radical (unpaired) electrons. The Morgan fingerprint density at radius 3 is 2.70 bits per heavy atom. The van der Waals surface area contributed by atoms with Gasteiger partial charge >= 0.3 is 5.69 Å². The first kappa shape index (κ1) is 29.1. The van der Waals surface area contributed by atoms with Gasteiger partial charge in [-0.1, -0.05) is 29.3 Å². The zero-order valence-corrected chi connectivity index (χ0v) is 23.3. The summed E-state index contributed by atoms with van der Waals surface area (Å²) in [5.74, 6) is 0.0474. The number of aryl methyl sites for hydroxylation is 1. The Labute approximate surface area is 241 Å². The first-order valence-corrected chi connectivity index (χ1v) is 13.4. The number of benzene rings is 1. The van der Waals surface area contributed by atoms with Gasteiger partial charge in [-0.2, -0.15) is 0 Å². The molecule has 2 amide bonds. The van der Waals surface area contributed by atoms with Gasteiger partial charge in [0.25, 0.3) is 0 Å². The van der Waals surface area contributed by atoms with Crippen LogP contribution in [0.3, 0.4) is 0 Å². The van der Waals surface area contributed by atoms with Gasteiger partial charge in [0.2, 0.25) is 17.6 Å². The van der Waals surface area contributed by atoms with Crippen LogP contribution in [0.2, 0.25) is 10.0 Å². The summed E-state index contributed by atoms with van der Waals surface area (Å²) in [4.78, 5) is 40.7. The van der Waals surface area contributed by atoms with Crippen LogP contribution in [-0.4, -0.2) is 63.4 Å². The number of hydrogen-bond acceptors (Lipinski definition) is 8. The molecule has 1 fully saturated rings. The molecular formula is C26H30Cl2N8O4. The Kier molecular flexibility index (Phi) is 9.46. The summed E-state index contributed by atoms with van der Waals surface area (Å²) in [6.45, 7) is 4.16. The van der Waals surface area contributed by atoms with Crippen LogP contribution >= 0.6 is 23.2 Å². The summed E-state index contributed by atoms with van der Waals surface area (Å²) in [5, 5.41) is 20.9. The molecular weight excluding hydrogens is 559 g/mol. The standard InChI is InChI=1S/C26H30Cl2N8O4/c1-16(37)31-18-7-10-35(12-18)15-25(38)32-22-14-34(13-20(22)19-4-3-17(27)11-21(19)28)9-2-8-30-24-6-5-23(36(39)40)26(29)33-24/h3-6,11,13-14,18H,2,7-10,12,15H2,1H3,(H,31,37)(H,32,38)(H3,29,30,33)/t18-/m1/s1. The summed E-state index contributed by atoms with van der Waals surface area (Å²) in [6, 6.07) is 8.07. The van der Waals surface area contributed by atoms with Crippen molar-refractivity contribution in [1.82, 2.24) is 19.8 Å². The van der Waals surface area contributed by atoms with Crippen molar-refractivity contribution in [2.24, 2.45) is 0 Å². The van der Waals surface area contributed by atoms with Gasteiger partial charge < -0.3 is 26.3 Å². The predicted octanol–water partition coefficient (Wildman–Crippen LogP) is 4.00. The Hall–Kier alpha value is -3.87. The molecule has 1 saturated heterocycles. The van der Waals surface area contributed by atoms with Crippen molar-refractivity contribution in [3.05, 3.63) is 62.9 Å². The second kappa shape index (κ2) is 13.0. The number of nitrogens with two attached hydrogens (primary N) is 1. The van der Waals surface area contributed by atoms with Gasteiger partial charge in [-0.15, -0.1) is 0 Å². The van der Waals surface area contributed by atoms with E-state index in [1.807, 2.05) is 27.9 Å². The number of amides is 2. The van der Waals surface area contributed by atoms with Crippen molar-refractivity contribution in [3.63, 3.8) is 0 Å². The van der Waals surface area contributed by atoms with E-state index in [1.54, 1.807) is 12.1 Å². The summed E-state index contributed by atoms with van der Waals surface area (Å²) in [6.07, 6.45) is 5.25. The lowest BCUT2D eigenvalue weighted by atomic mass is 10.1. The van der Waals surface area contributed by atoms with Gasteiger partial charge in [0, 0.05) is 73.8 Å². The molecule has 0 aliphatic carbocycles. The van der Waals surface area contributed by atoms with Crippen molar-refractivity contribution in [2.75, 3.05) is 42.5 Å². The molecule has 3 aromatic rings. The van der Waals surface area contributed by atoms with Gasteiger partial charge in [0.15, 0.2) is 0 Å². The number of nitrogens with zero attached hydrogens (tertiary/aromatic N) is 4. The van der Waals surface area contributed by atoms with Crippen LogP contribution < -0.4 is 21.7 Å². The van der Waals surface area contributed by atoms with Gasteiger partial charge in [-0.25, -0.2) is 4.98 Å². The molecule has 0 spiro atoms. The zero-order chi connectivity index (χ0) is 28.8. The third-order valence-corrected chi connectivity index (χ3v) is 6.97. The van der Waals surface area contributed by atoms with E-state index in [9.17, 15) is 19.7 Å². The molecule has 1 aliphatic rings. The van der Waals surface area contributed by atoms with Gasteiger partial charge in [0.1, 0.15) is 5.82 Å². The number of carbonyl (C=O) groups is 2. The van der Waals surface area contributed by atoms with E-state index in [2.05, 4.69) is 20.9 Å². The van der Waals surface area contributed by atoms with Crippen molar-refractivity contribution >= 4 is 58.0 Å². The average molecular weight is 589 g/mol. The Morgan fingerprint density at radius 2 is 2.00 bits per heavy atom. The van der Waals surface area contributed by atoms with Crippen LogP contribution in [-0.2, 0) is 16.1 Å². The monoisotopic (exact) mass is 588 g/mol. The molecule has 1 atom stereocenters. The largest absolute Gasteiger partial charge is 0.378 e. The van der Waals surface area contributed by atoms with Crippen molar-refractivity contribution in [3.8, 4) is 11.1 Å². The first-order valence-electron chi connectivity index (χ1n) is 12.7. The predicted molar refractivity (Wildman–Crippen MR) is 156 cm³/mol. The number of likely N-dealkylation sites (tertiary alicyclic amines) is 1. The minimum atomic E-state index is -0.577. The van der Waals surface area contributed by atoms with E-state index in [1.165, 1.54) is 19.1 Å². The fourth-order valence-electron chi connectivity index (χ4n) is 4.63. The van der Waals surface area contributed by atoms with Crippen molar-refractivity contribution < 1.29 is 14.5 Å². The van der Waals surface area contributed by atoms with Crippen LogP contribution in [0.4, 0.5) is 23.0 Å². The van der Waals surface area contributed by atoms with E-state index in [0.29, 0.717) is 47.6 Å². The highest BCUT2D eigenvalue weighted by Crippen LogP contribution is 2.36. The molecule has 14 heteroatoms. The van der Waals surface area contributed by atoms with Crippen LogP contribution in [0.25, 0.3) is 11.1 Å². The second-order valence-corrected chi connectivity index (χ2v) is 10.4. The molecule has 0 bridgehead atoms. The Morgan fingerprint density at radius 1 is 1.20 bits per heavy atom. The minimum absolute atomic E-state index is 0.0427. The topological polar surface area (TPSA) is 160 Å². The number of halogens is 2. The van der Waals surface area contributed by atoms with Gasteiger partial charge in [-0.3, -0.25) is 24.6 Å².